The number of halogens is 4. The van der Waals surface area contributed by atoms with Crippen LogP contribution in [0.1, 0.15) is 10.4 Å². The minimum Gasteiger partial charge on any atom is -0.322 e. The van der Waals surface area contributed by atoms with Crippen molar-refractivity contribution in [2.75, 3.05) is 10.0 Å². The molecule has 0 bridgehead atoms. The van der Waals surface area contributed by atoms with E-state index in [1.165, 1.54) is 54.6 Å². The Hall–Kier alpha value is -1.96. The van der Waals surface area contributed by atoms with Gasteiger partial charge in [-0.05, 0) is 60.7 Å². The average molecular weight is 490 g/mol. The number of rotatable bonds is 5. The molecule has 3 aromatic carbocycles. The Balaban J connectivity index is 1.92. The van der Waals surface area contributed by atoms with Crippen molar-refractivity contribution >= 4 is 73.7 Å². The molecule has 150 valence electrons. The third kappa shape index (κ3) is 5.35. The van der Waals surface area contributed by atoms with E-state index in [1.54, 1.807) is 6.07 Å². The van der Waals surface area contributed by atoms with Crippen LogP contribution in [-0.2, 0) is 10.0 Å². The quantitative estimate of drug-likeness (QED) is 0.438. The van der Waals surface area contributed by atoms with Crippen molar-refractivity contribution in [1.29, 1.82) is 0 Å². The second-order valence-corrected chi connectivity index (χ2v) is 9.20. The molecule has 0 aliphatic carbocycles. The first-order valence-corrected chi connectivity index (χ1v) is 11.0. The highest BCUT2D eigenvalue weighted by Crippen LogP contribution is 2.28. The minimum atomic E-state index is -3.95. The van der Waals surface area contributed by atoms with Crippen molar-refractivity contribution in [3.8, 4) is 0 Å². The predicted octanol–water partition coefficient (Wildman–Crippen LogP) is 6.35. The molecule has 3 rings (SSSR count). The zero-order chi connectivity index (χ0) is 21.2. The number of carbonyl (C=O) groups is 1. The Morgan fingerprint density at radius 1 is 0.759 bits per heavy atom. The number of anilines is 2. The third-order valence-corrected chi connectivity index (χ3v) is 6.38. The van der Waals surface area contributed by atoms with Crippen LogP contribution in [0.2, 0.25) is 20.1 Å². The van der Waals surface area contributed by atoms with Crippen molar-refractivity contribution in [3.05, 3.63) is 86.3 Å². The van der Waals surface area contributed by atoms with Gasteiger partial charge in [-0.3, -0.25) is 9.52 Å². The van der Waals surface area contributed by atoms with E-state index in [-0.39, 0.29) is 26.2 Å². The summed E-state index contributed by atoms with van der Waals surface area (Å²) in [6, 6.07) is 14.4. The van der Waals surface area contributed by atoms with Gasteiger partial charge in [0.05, 0.1) is 26.2 Å². The third-order valence-electron chi connectivity index (χ3n) is 3.77. The number of amides is 1. The maximum atomic E-state index is 12.8. The second kappa shape index (κ2) is 8.81. The van der Waals surface area contributed by atoms with E-state index in [9.17, 15) is 13.2 Å². The fraction of sp³-hybridized carbons (Fsp3) is 0. The zero-order valence-electron chi connectivity index (χ0n) is 14.4. The highest BCUT2D eigenvalue weighted by Gasteiger charge is 2.19. The standard InChI is InChI=1S/C19H12Cl4N2O3S/c20-11-1-5-14(6-2-11)29(27,28)25-18-8-3-12(21)9-15(18)19(26)24-13-4-7-16(22)17(23)10-13/h1-10,25H,(H,24,26). The highest BCUT2D eigenvalue weighted by molar-refractivity contribution is 7.92. The van der Waals surface area contributed by atoms with E-state index in [0.29, 0.717) is 15.7 Å². The largest absolute Gasteiger partial charge is 0.322 e. The van der Waals surface area contributed by atoms with Gasteiger partial charge in [-0.1, -0.05) is 46.4 Å². The molecular weight excluding hydrogens is 478 g/mol. The van der Waals surface area contributed by atoms with Crippen LogP contribution >= 0.6 is 46.4 Å². The molecular formula is C19H12Cl4N2O3S. The molecule has 0 aliphatic heterocycles. The maximum Gasteiger partial charge on any atom is 0.261 e. The molecule has 10 heteroatoms. The van der Waals surface area contributed by atoms with E-state index >= 15 is 0 Å². The zero-order valence-corrected chi connectivity index (χ0v) is 18.3. The summed E-state index contributed by atoms with van der Waals surface area (Å²) in [4.78, 5) is 12.7. The molecule has 0 atom stereocenters. The number of hydrogen-bond acceptors (Lipinski definition) is 3. The number of nitrogens with one attached hydrogen (secondary N) is 2. The lowest BCUT2D eigenvalue weighted by atomic mass is 10.1. The van der Waals surface area contributed by atoms with Gasteiger partial charge in [-0.2, -0.15) is 0 Å². The van der Waals surface area contributed by atoms with Crippen LogP contribution < -0.4 is 10.0 Å². The molecule has 0 radical (unpaired) electrons. The molecule has 3 aromatic rings. The van der Waals surface area contributed by atoms with Crippen molar-refractivity contribution in [3.63, 3.8) is 0 Å². The van der Waals surface area contributed by atoms with Gasteiger partial charge in [-0.15, -0.1) is 0 Å². The minimum absolute atomic E-state index is 0.00677. The summed E-state index contributed by atoms with van der Waals surface area (Å²) in [6.07, 6.45) is 0. The first-order valence-electron chi connectivity index (χ1n) is 8.00. The van der Waals surface area contributed by atoms with Crippen molar-refractivity contribution in [2.45, 2.75) is 4.90 Å². The second-order valence-electron chi connectivity index (χ2n) is 5.83. The highest BCUT2D eigenvalue weighted by atomic mass is 35.5. The molecule has 1 amide bonds. The Labute approximate surface area is 187 Å². The van der Waals surface area contributed by atoms with E-state index in [2.05, 4.69) is 10.0 Å². The van der Waals surface area contributed by atoms with Gasteiger partial charge in [0.2, 0.25) is 0 Å². The molecule has 0 aromatic heterocycles. The summed E-state index contributed by atoms with van der Waals surface area (Å²) in [5.41, 5.74) is 0.471. The van der Waals surface area contributed by atoms with Crippen LogP contribution in [0.4, 0.5) is 11.4 Å². The van der Waals surface area contributed by atoms with E-state index < -0.39 is 15.9 Å². The van der Waals surface area contributed by atoms with Crippen LogP contribution in [-0.4, -0.2) is 14.3 Å². The molecule has 0 unspecified atom stereocenters. The first kappa shape index (κ1) is 21.7. The molecule has 0 heterocycles. The summed E-state index contributed by atoms with van der Waals surface area (Å²) in [5.74, 6) is -0.584. The normalized spacial score (nSPS) is 11.2. The number of sulfonamides is 1. The molecule has 0 aliphatic rings. The molecule has 0 fully saturated rings. The van der Waals surface area contributed by atoms with Crippen LogP contribution in [0.25, 0.3) is 0 Å². The number of hydrogen-bond donors (Lipinski definition) is 2. The lowest BCUT2D eigenvalue weighted by Crippen LogP contribution is -2.18. The lowest BCUT2D eigenvalue weighted by molar-refractivity contribution is 0.102. The Kier molecular flexibility index (Phi) is 6.61. The SMILES string of the molecule is O=C(Nc1ccc(Cl)c(Cl)c1)c1cc(Cl)ccc1NS(=O)(=O)c1ccc(Cl)cc1. The Morgan fingerprint density at radius 3 is 2.07 bits per heavy atom. The van der Waals surface area contributed by atoms with Crippen molar-refractivity contribution in [2.24, 2.45) is 0 Å². The Bertz CT molecular complexity index is 1180. The average Bonchev–Trinajstić information content (AvgIpc) is 2.66. The fourth-order valence-corrected chi connectivity index (χ4v) is 4.06. The predicted molar refractivity (Wildman–Crippen MR) is 118 cm³/mol. The fourth-order valence-electron chi connectivity index (χ4n) is 2.38. The topological polar surface area (TPSA) is 75.3 Å². The van der Waals surface area contributed by atoms with Gasteiger partial charge >= 0.3 is 0 Å². The van der Waals surface area contributed by atoms with Gasteiger partial charge < -0.3 is 5.32 Å². The van der Waals surface area contributed by atoms with Gasteiger partial charge in [0.25, 0.3) is 15.9 Å². The smallest absolute Gasteiger partial charge is 0.261 e. The summed E-state index contributed by atoms with van der Waals surface area (Å²) < 4.78 is 27.7. The van der Waals surface area contributed by atoms with Gasteiger partial charge in [0.15, 0.2) is 0 Å². The molecule has 2 N–H and O–H groups in total. The van der Waals surface area contributed by atoms with Gasteiger partial charge in [-0.25, -0.2) is 8.42 Å². The summed E-state index contributed by atoms with van der Waals surface area (Å²) in [6.45, 7) is 0. The molecule has 0 saturated carbocycles. The number of benzene rings is 3. The van der Waals surface area contributed by atoms with Crippen LogP contribution in [0.15, 0.2) is 65.6 Å². The van der Waals surface area contributed by atoms with E-state index in [0.717, 1.165) is 0 Å². The summed E-state index contributed by atoms with van der Waals surface area (Å²) >= 11 is 23.6. The van der Waals surface area contributed by atoms with E-state index in [4.69, 9.17) is 46.4 Å². The van der Waals surface area contributed by atoms with Gasteiger partial charge in [0, 0.05) is 15.7 Å². The maximum absolute atomic E-state index is 12.8. The van der Waals surface area contributed by atoms with Crippen molar-refractivity contribution in [1.82, 2.24) is 0 Å². The van der Waals surface area contributed by atoms with E-state index in [1.807, 2.05) is 0 Å². The monoisotopic (exact) mass is 488 g/mol. The first-order chi connectivity index (χ1) is 13.7. The number of carbonyl (C=O) groups excluding carboxylic acids is 1. The summed E-state index contributed by atoms with van der Waals surface area (Å²) in [5, 5.41) is 3.90. The van der Waals surface area contributed by atoms with Crippen molar-refractivity contribution < 1.29 is 13.2 Å². The lowest BCUT2D eigenvalue weighted by Gasteiger charge is -2.14. The molecule has 0 spiro atoms. The molecule has 29 heavy (non-hydrogen) atoms. The van der Waals surface area contributed by atoms with Gasteiger partial charge in [0.1, 0.15) is 0 Å². The molecule has 5 nitrogen and oxygen atoms in total. The van der Waals surface area contributed by atoms with Crippen LogP contribution in [0, 0.1) is 0 Å². The van der Waals surface area contributed by atoms with Crippen LogP contribution in [0.3, 0.4) is 0 Å². The molecule has 0 saturated heterocycles. The summed E-state index contributed by atoms with van der Waals surface area (Å²) in [7, 11) is -3.95. The Morgan fingerprint density at radius 2 is 1.41 bits per heavy atom. The van der Waals surface area contributed by atoms with Crippen LogP contribution in [0.5, 0.6) is 0 Å².